The smallest absolute Gasteiger partial charge is 0.0689 e. The van der Waals surface area contributed by atoms with Crippen LogP contribution in [0.2, 0.25) is 0 Å². The third-order valence-corrected chi connectivity index (χ3v) is 0. The van der Waals surface area contributed by atoms with Crippen molar-refractivity contribution in [2.45, 2.75) is 0 Å². The Labute approximate surface area is 159 Å². The molecule has 7 heavy (non-hydrogen) atoms. The molecule has 0 amide bonds. The maximum atomic E-state index is 8.25. The Morgan fingerprint density at radius 1 is 1.14 bits per heavy atom. The Kier molecular flexibility index (Phi) is 51.7. The SMILES string of the molecule is O=[N+]([O-])[O-].[Cs].[Cs].[NH4+]. The van der Waals surface area contributed by atoms with E-state index in [-0.39, 0.29) is 144 Å². The fraction of sp³-hybridized carbons (Fsp3) is 0. The van der Waals surface area contributed by atoms with Gasteiger partial charge >= 0.3 is 0 Å². The summed E-state index contributed by atoms with van der Waals surface area (Å²) in [4.78, 5) is 8.25. The maximum absolute atomic E-state index is 8.25. The van der Waals surface area contributed by atoms with Crippen LogP contribution in [0.4, 0.5) is 0 Å². The van der Waals surface area contributed by atoms with Crippen molar-refractivity contribution in [3.05, 3.63) is 15.3 Å². The number of nitrogens with zero attached hydrogens (tertiary/aromatic N) is 1. The summed E-state index contributed by atoms with van der Waals surface area (Å²) in [5.74, 6) is 0. The maximum Gasteiger partial charge on any atom is 0.0689 e. The molecule has 0 aliphatic carbocycles. The first kappa shape index (κ1) is 22.4. The molecule has 0 aliphatic heterocycles. The van der Waals surface area contributed by atoms with Gasteiger partial charge in [0.05, 0.1) is 5.09 Å². The van der Waals surface area contributed by atoms with Gasteiger partial charge in [-0.15, -0.1) is 0 Å². The molecule has 2 radical (unpaired) electrons. The van der Waals surface area contributed by atoms with Gasteiger partial charge in [-0.1, -0.05) is 0 Å². The van der Waals surface area contributed by atoms with Crippen LogP contribution in [0.5, 0.6) is 0 Å². The number of hydrogen-bond acceptors (Lipinski definition) is 3. The number of hydrogen-bond donors (Lipinski definition) is 1. The summed E-state index contributed by atoms with van der Waals surface area (Å²) >= 11 is 0. The van der Waals surface area contributed by atoms with Crippen LogP contribution in [-0.2, 0) is 0 Å². The number of quaternary nitrogens is 1. The van der Waals surface area contributed by atoms with Gasteiger partial charge in [-0.25, -0.2) is 0 Å². The fourth-order valence-corrected chi connectivity index (χ4v) is 0. The minimum absolute atomic E-state index is 0. The molecular formula is H4Cs2N2O3. The van der Waals surface area contributed by atoms with Crippen LogP contribution >= 0.6 is 0 Å². The Balaban J connectivity index is -0.0000000150. The van der Waals surface area contributed by atoms with Crippen molar-refractivity contribution in [2.75, 3.05) is 0 Å². The van der Waals surface area contributed by atoms with Gasteiger partial charge in [0.15, 0.2) is 0 Å². The average molecular weight is 346 g/mol. The van der Waals surface area contributed by atoms with Gasteiger partial charge in [-0.2, -0.15) is 0 Å². The van der Waals surface area contributed by atoms with Gasteiger partial charge in [-0.3, -0.25) is 0 Å². The van der Waals surface area contributed by atoms with Gasteiger partial charge in [-0.05, 0) is 0 Å². The molecule has 0 aromatic heterocycles. The average Bonchev–Trinajstić information content (AvgIpc) is 0.811. The van der Waals surface area contributed by atoms with Crippen LogP contribution < -0.4 is 6.15 Å². The van der Waals surface area contributed by atoms with Crippen LogP contribution in [0.25, 0.3) is 0 Å². The van der Waals surface area contributed by atoms with Crippen molar-refractivity contribution in [3.63, 3.8) is 0 Å². The molecule has 0 spiro atoms. The molecule has 4 N–H and O–H groups in total. The van der Waals surface area contributed by atoms with E-state index in [1.807, 2.05) is 0 Å². The van der Waals surface area contributed by atoms with Gasteiger partial charge in [0, 0.05) is 138 Å². The first-order valence-corrected chi connectivity index (χ1v) is 0.548. The Morgan fingerprint density at radius 2 is 1.14 bits per heavy atom. The monoisotopic (exact) mass is 346 g/mol. The summed E-state index contributed by atoms with van der Waals surface area (Å²) in [6.45, 7) is 0. The zero-order chi connectivity index (χ0) is 3.58. The number of rotatable bonds is 0. The quantitative estimate of drug-likeness (QED) is 0.467. The van der Waals surface area contributed by atoms with Crippen LogP contribution in [0.3, 0.4) is 0 Å². The minimum Gasteiger partial charge on any atom is -0.369 e. The van der Waals surface area contributed by atoms with E-state index in [0.717, 1.165) is 0 Å². The molecule has 0 unspecified atom stereocenters. The predicted octanol–water partition coefficient (Wildman–Crippen LogP) is -0.625. The Hall–Kier alpha value is 3.26. The van der Waals surface area contributed by atoms with Crippen molar-refractivity contribution in [1.29, 1.82) is 0 Å². The standard InChI is InChI=1S/2Cs.NO3.H3N/c;;2-1(3)4;/h;;;1H3/q;;-1;/p+1. The molecular weight excluding hydrogens is 342 g/mol. The summed E-state index contributed by atoms with van der Waals surface area (Å²) < 4.78 is 0. The minimum atomic E-state index is -1.75. The third kappa shape index (κ3) is 45.9. The molecule has 7 heteroatoms. The van der Waals surface area contributed by atoms with Gasteiger partial charge < -0.3 is 21.5 Å². The van der Waals surface area contributed by atoms with Crippen molar-refractivity contribution >= 4 is 138 Å². The van der Waals surface area contributed by atoms with E-state index in [2.05, 4.69) is 0 Å². The van der Waals surface area contributed by atoms with Crippen LogP contribution in [0.1, 0.15) is 0 Å². The Morgan fingerprint density at radius 3 is 1.14 bits per heavy atom. The molecule has 0 saturated heterocycles. The van der Waals surface area contributed by atoms with E-state index in [9.17, 15) is 0 Å². The molecule has 0 fully saturated rings. The Bertz CT molecular complexity index is 33.9. The molecule has 0 aliphatic rings. The second-order valence-corrected chi connectivity index (χ2v) is 0.224. The van der Waals surface area contributed by atoms with E-state index in [4.69, 9.17) is 15.3 Å². The zero-order valence-electron chi connectivity index (χ0n) is 4.67. The molecule has 0 saturated carbocycles. The molecule has 0 bridgehead atoms. The van der Waals surface area contributed by atoms with E-state index in [1.165, 1.54) is 0 Å². The molecule has 0 rings (SSSR count). The summed E-state index contributed by atoms with van der Waals surface area (Å²) in [7, 11) is 0. The zero-order valence-corrected chi connectivity index (χ0v) is 17.2. The molecule has 5 nitrogen and oxygen atoms in total. The first-order chi connectivity index (χ1) is 1.73. The molecule has 0 aromatic carbocycles. The van der Waals surface area contributed by atoms with Crippen molar-refractivity contribution < 1.29 is 5.09 Å². The van der Waals surface area contributed by atoms with E-state index in [0.29, 0.717) is 0 Å². The van der Waals surface area contributed by atoms with E-state index >= 15 is 0 Å². The summed E-state index contributed by atoms with van der Waals surface area (Å²) in [5, 5.41) is 14.8. The molecule has 0 atom stereocenters. The van der Waals surface area contributed by atoms with E-state index in [1.54, 1.807) is 0 Å². The first-order valence-electron chi connectivity index (χ1n) is 0.548. The fourth-order valence-electron chi connectivity index (χ4n) is 0. The van der Waals surface area contributed by atoms with Crippen molar-refractivity contribution in [1.82, 2.24) is 6.15 Å². The normalized spacial score (nSPS) is 3.43. The second kappa shape index (κ2) is 16.1. The molecule has 0 aromatic rings. The van der Waals surface area contributed by atoms with Gasteiger partial charge in [0.25, 0.3) is 0 Å². The molecule has 34 valence electrons. The second-order valence-electron chi connectivity index (χ2n) is 0.224. The van der Waals surface area contributed by atoms with E-state index < -0.39 is 5.09 Å². The summed E-state index contributed by atoms with van der Waals surface area (Å²) in [6, 6.07) is 0. The van der Waals surface area contributed by atoms with Crippen LogP contribution in [0, 0.1) is 15.3 Å². The van der Waals surface area contributed by atoms with Gasteiger partial charge in [0.2, 0.25) is 0 Å². The third-order valence-electron chi connectivity index (χ3n) is 0. The van der Waals surface area contributed by atoms with Crippen LogP contribution in [-0.4, -0.2) is 143 Å². The van der Waals surface area contributed by atoms with Crippen molar-refractivity contribution in [3.8, 4) is 0 Å². The summed E-state index contributed by atoms with van der Waals surface area (Å²) in [6.07, 6.45) is 0. The molecule has 0 heterocycles. The largest absolute Gasteiger partial charge is 0.369 e. The topological polar surface area (TPSA) is 103 Å². The predicted molar refractivity (Wildman–Crippen MR) is 27.9 cm³/mol. The van der Waals surface area contributed by atoms with Gasteiger partial charge in [0.1, 0.15) is 0 Å². The van der Waals surface area contributed by atoms with Crippen molar-refractivity contribution in [2.24, 2.45) is 0 Å². The summed E-state index contributed by atoms with van der Waals surface area (Å²) in [5.41, 5.74) is 0. The van der Waals surface area contributed by atoms with Crippen LogP contribution in [0.15, 0.2) is 0 Å².